The van der Waals surface area contributed by atoms with E-state index in [0.717, 1.165) is 43.1 Å². The highest BCUT2D eigenvalue weighted by Crippen LogP contribution is 2.26. The second kappa shape index (κ2) is 8.31. The van der Waals surface area contributed by atoms with E-state index >= 15 is 0 Å². The molecule has 3 heterocycles. The molecular weight excluding hydrogens is 378 g/mol. The third-order valence-electron chi connectivity index (χ3n) is 5.49. The van der Waals surface area contributed by atoms with Gasteiger partial charge in [0.1, 0.15) is 17.6 Å². The highest BCUT2D eigenvalue weighted by Gasteiger charge is 2.37. The van der Waals surface area contributed by atoms with Crippen molar-refractivity contribution < 1.29 is 9.59 Å². The first-order valence-corrected chi connectivity index (χ1v) is 10.3. The number of aromatic nitrogens is 3. The van der Waals surface area contributed by atoms with Crippen molar-refractivity contribution in [1.29, 1.82) is 0 Å². The average Bonchev–Trinajstić information content (AvgIpc) is 3.17. The number of aryl methyl sites for hydroxylation is 1. The molecule has 148 valence electrons. The number of carbonyl (C=O) groups is 2. The van der Waals surface area contributed by atoms with Crippen LogP contribution in [0.5, 0.6) is 0 Å². The number of fused-ring (bicyclic) bond motifs is 1. The van der Waals surface area contributed by atoms with Crippen LogP contribution in [0.1, 0.15) is 37.3 Å². The maximum Gasteiger partial charge on any atom is 0.239 e. The fraction of sp³-hybridized carbons (Fsp3) is 0.500. The summed E-state index contributed by atoms with van der Waals surface area (Å²) in [6, 6.07) is 7.10. The minimum absolute atomic E-state index is 0.156. The lowest BCUT2D eigenvalue weighted by atomic mass is 10.1. The largest absolute Gasteiger partial charge is 0.355 e. The zero-order chi connectivity index (χ0) is 19.5. The van der Waals surface area contributed by atoms with Crippen LogP contribution in [0, 0.1) is 5.92 Å². The molecule has 2 aliphatic rings. The zero-order valence-corrected chi connectivity index (χ0v) is 16.5. The molecule has 1 unspecified atom stereocenters. The van der Waals surface area contributed by atoms with Crippen LogP contribution in [0.2, 0.25) is 5.02 Å². The van der Waals surface area contributed by atoms with E-state index in [1.807, 2.05) is 0 Å². The van der Waals surface area contributed by atoms with Gasteiger partial charge < -0.3 is 14.8 Å². The molecule has 0 aliphatic carbocycles. The van der Waals surface area contributed by atoms with Gasteiger partial charge in [0.2, 0.25) is 11.8 Å². The average molecular weight is 402 g/mol. The van der Waals surface area contributed by atoms with Crippen molar-refractivity contribution in [3.8, 4) is 0 Å². The van der Waals surface area contributed by atoms with Gasteiger partial charge in [-0.2, -0.15) is 0 Å². The van der Waals surface area contributed by atoms with Crippen molar-refractivity contribution in [2.45, 2.75) is 45.1 Å². The van der Waals surface area contributed by atoms with Crippen molar-refractivity contribution in [1.82, 2.24) is 20.1 Å². The summed E-state index contributed by atoms with van der Waals surface area (Å²) >= 11 is 5.91. The van der Waals surface area contributed by atoms with Crippen LogP contribution in [0.25, 0.3) is 0 Å². The molecule has 4 rings (SSSR count). The Balaban J connectivity index is 1.32. The van der Waals surface area contributed by atoms with E-state index < -0.39 is 5.92 Å². The first-order chi connectivity index (χ1) is 13.6. The van der Waals surface area contributed by atoms with Crippen LogP contribution in [0.3, 0.4) is 0 Å². The van der Waals surface area contributed by atoms with E-state index in [4.69, 9.17) is 11.6 Å². The fourth-order valence-corrected chi connectivity index (χ4v) is 4.08. The van der Waals surface area contributed by atoms with E-state index in [1.54, 1.807) is 29.2 Å². The first kappa shape index (κ1) is 18.9. The van der Waals surface area contributed by atoms with Crippen molar-refractivity contribution in [3.05, 3.63) is 40.9 Å². The molecule has 0 saturated carbocycles. The fourth-order valence-electron chi connectivity index (χ4n) is 3.95. The Kier molecular flexibility index (Phi) is 5.62. The molecule has 1 aromatic carbocycles. The van der Waals surface area contributed by atoms with Crippen LogP contribution in [0.4, 0.5) is 5.69 Å². The maximum absolute atomic E-state index is 12.7. The molecular formula is C20H24ClN5O2. The molecule has 2 aliphatic heterocycles. The minimum atomic E-state index is -0.633. The predicted molar refractivity (Wildman–Crippen MR) is 106 cm³/mol. The number of hydrogen-bond acceptors (Lipinski definition) is 4. The minimum Gasteiger partial charge on any atom is -0.355 e. The molecule has 1 saturated heterocycles. The summed E-state index contributed by atoms with van der Waals surface area (Å²) in [4.78, 5) is 26.8. The van der Waals surface area contributed by atoms with Crippen molar-refractivity contribution in [3.63, 3.8) is 0 Å². The molecule has 1 aromatic heterocycles. The van der Waals surface area contributed by atoms with Crippen LogP contribution < -0.4 is 10.2 Å². The van der Waals surface area contributed by atoms with E-state index in [2.05, 4.69) is 20.1 Å². The number of amides is 2. The van der Waals surface area contributed by atoms with E-state index in [-0.39, 0.29) is 11.8 Å². The number of carbonyl (C=O) groups excluding carboxylic acids is 2. The Morgan fingerprint density at radius 2 is 1.96 bits per heavy atom. The van der Waals surface area contributed by atoms with Crippen LogP contribution in [0.15, 0.2) is 24.3 Å². The van der Waals surface area contributed by atoms with Crippen LogP contribution in [-0.2, 0) is 29.0 Å². The quantitative estimate of drug-likeness (QED) is 0.780. The lowest BCUT2D eigenvalue weighted by molar-refractivity contribution is -0.132. The molecule has 7 nitrogen and oxygen atoms in total. The molecule has 2 aromatic rings. The highest BCUT2D eigenvalue weighted by molar-refractivity contribution is 6.30. The molecule has 1 fully saturated rings. The smallest absolute Gasteiger partial charge is 0.239 e. The van der Waals surface area contributed by atoms with Gasteiger partial charge in [-0.1, -0.05) is 18.0 Å². The molecule has 0 radical (unpaired) electrons. The van der Waals surface area contributed by atoms with Gasteiger partial charge in [-0.25, -0.2) is 0 Å². The molecule has 8 heteroatoms. The molecule has 28 heavy (non-hydrogen) atoms. The van der Waals surface area contributed by atoms with Gasteiger partial charge in [-0.05, 0) is 43.5 Å². The van der Waals surface area contributed by atoms with E-state index in [0.29, 0.717) is 31.0 Å². The summed E-state index contributed by atoms with van der Waals surface area (Å²) < 4.78 is 2.18. The van der Waals surface area contributed by atoms with Gasteiger partial charge in [0.25, 0.3) is 0 Å². The lowest BCUT2D eigenvalue weighted by Crippen LogP contribution is -2.37. The number of hydrogen-bond donors (Lipinski definition) is 1. The van der Waals surface area contributed by atoms with Gasteiger partial charge in [0.15, 0.2) is 0 Å². The number of rotatable bonds is 5. The van der Waals surface area contributed by atoms with Crippen molar-refractivity contribution in [2.75, 3.05) is 18.0 Å². The standard InChI is InChI=1S/C20H24ClN5O2/c21-14-5-7-15(8-6-14)25-13-10-16(20(25)28)19(27)22-11-9-18-24-23-17-4-2-1-3-12-26(17)18/h5-8,16H,1-4,9-13H2,(H,22,27). The molecule has 2 amide bonds. The first-order valence-electron chi connectivity index (χ1n) is 9.89. The Labute approximate surface area is 169 Å². The molecule has 1 atom stereocenters. The van der Waals surface area contributed by atoms with Gasteiger partial charge >= 0.3 is 0 Å². The van der Waals surface area contributed by atoms with Crippen molar-refractivity contribution >= 4 is 29.1 Å². The Morgan fingerprint density at radius 3 is 2.79 bits per heavy atom. The molecule has 0 spiro atoms. The van der Waals surface area contributed by atoms with Gasteiger partial charge in [0.05, 0.1) is 0 Å². The highest BCUT2D eigenvalue weighted by atomic mass is 35.5. The van der Waals surface area contributed by atoms with Gasteiger partial charge in [0, 0.05) is 43.2 Å². The third-order valence-corrected chi connectivity index (χ3v) is 5.75. The summed E-state index contributed by atoms with van der Waals surface area (Å²) in [5.74, 6) is 0.959. The SMILES string of the molecule is O=C(NCCc1nnc2n1CCCCC2)C1CCN(c2ccc(Cl)cc2)C1=O. The number of anilines is 1. The Hall–Kier alpha value is -2.41. The Morgan fingerprint density at radius 1 is 1.14 bits per heavy atom. The normalized spacial score (nSPS) is 19.4. The van der Waals surface area contributed by atoms with Crippen LogP contribution in [-0.4, -0.2) is 39.7 Å². The van der Waals surface area contributed by atoms with Gasteiger partial charge in [-0.3, -0.25) is 9.59 Å². The summed E-state index contributed by atoms with van der Waals surface area (Å²) in [6.45, 7) is 1.95. The summed E-state index contributed by atoms with van der Waals surface area (Å²) in [5.41, 5.74) is 0.774. The second-order valence-corrected chi connectivity index (χ2v) is 7.78. The zero-order valence-electron chi connectivity index (χ0n) is 15.7. The van der Waals surface area contributed by atoms with Gasteiger partial charge in [-0.15, -0.1) is 10.2 Å². The summed E-state index contributed by atoms with van der Waals surface area (Å²) in [6.07, 6.45) is 5.63. The molecule has 1 N–H and O–H groups in total. The number of nitrogens with zero attached hydrogens (tertiary/aromatic N) is 4. The van der Waals surface area contributed by atoms with E-state index in [1.165, 1.54) is 6.42 Å². The summed E-state index contributed by atoms with van der Waals surface area (Å²) in [5, 5.41) is 12.1. The topological polar surface area (TPSA) is 80.1 Å². The maximum atomic E-state index is 12.7. The van der Waals surface area contributed by atoms with Crippen molar-refractivity contribution in [2.24, 2.45) is 5.92 Å². The Bertz CT molecular complexity index is 864. The second-order valence-electron chi connectivity index (χ2n) is 7.34. The number of nitrogens with one attached hydrogen (secondary N) is 1. The molecule has 0 bridgehead atoms. The van der Waals surface area contributed by atoms with E-state index in [9.17, 15) is 9.59 Å². The lowest BCUT2D eigenvalue weighted by Gasteiger charge is -2.17. The van der Waals surface area contributed by atoms with Crippen LogP contribution >= 0.6 is 11.6 Å². The predicted octanol–water partition coefficient (Wildman–Crippen LogP) is 2.37. The monoisotopic (exact) mass is 401 g/mol. The summed E-state index contributed by atoms with van der Waals surface area (Å²) in [7, 11) is 0. The number of halogens is 1. The number of benzene rings is 1. The third kappa shape index (κ3) is 3.90.